The zero-order chi connectivity index (χ0) is 15.0. The number of amides is 1. The number of aromatic nitrogens is 2. The van der Waals surface area contributed by atoms with Crippen LogP contribution in [0.25, 0.3) is 0 Å². The third-order valence-corrected chi connectivity index (χ3v) is 2.77. The lowest BCUT2D eigenvalue weighted by Gasteiger charge is -2.10. The van der Waals surface area contributed by atoms with E-state index in [9.17, 15) is 4.79 Å². The lowest BCUT2D eigenvalue weighted by Crippen LogP contribution is -2.26. The Balaban J connectivity index is 2.39. The second-order valence-corrected chi connectivity index (χ2v) is 5.47. The van der Waals surface area contributed by atoms with Gasteiger partial charge in [0.15, 0.2) is 5.69 Å². The average Bonchev–Trinajstić information content (AvgIpc) is 2.38. The fourth-order valence-corrected chi connectivity index (χ4v) is 1.52. The van der Waals surface area contributed by atoms with Gasteiger partial charge in [-0.1, -0.05) is 13.8 Å². The van der Waals surface area contributed by atoms with Gasteiger partial charge >= 0.3 is 0 Å². The minimum Gasteiger partial charge on any atom is -0.367 e. The lowest BCUT2D eigenvalue weighted by atomic mass is 10.1. The second kappa shape index (κ2) is 8.47. The predicted molar refractivity (Wildman–Crippen MR) is 80.9 cm³/mol. The maximum Gasteiger partial charge on any atom is 0.271 e. The van der Waals surface area contributed by atoms with E-state index in [1.54, 1.807) is 12.1 Å². The van der Waals surface area contributed by atoms with Crippen molar-refractivity contribution in [3.63, 3.8) is 0 Å². The van der Waals surface area contributed by atoms with E-state index in [0.717, 1.165) is 19.5 Å². The first-order chi connectivity index (χ1) is 9.49. The van der Waals surface area contributed by atoms with Crippen LogP contribution >= 0.6 is 0 Å². The topological polar surface area (TPSA) is 70.2 Å². The smallest absolute Gasteiger partial charge is 0.271 e. The number of carbonyl (C=O) groups is 1. The Labute approximate surface area is 121 Å². The number of likely N-dealkylation sites (N-methyl/N-ethyl adjacent to an activating group) is 1. The molecule has 112 valence electrons. The van der Waals surface area contributed by atoms with Gasteiger partial charge in [-0.05, 0) is 38.6 Å². The van der Waals surface area contributed by atoms with E-state index in [1.165, 1.54) is 0 Å². The summed E-state index contributed by atoms with van der Waals surface area (Å²) in [7, 11) is 4.02. The van der Waals surface area contributed by atoms with Crippen LogP contribution in [0.1, 0.15) is 30.8 Å². The van der Waals surface area contributed by atoms with Crippen molar-refractivity contribution in [3.05, 3.63) is 17.8 Å². The fourth-order valence-electron chi connectivity index (χ4n) is 1.52. The Hall–Kier alpha value is -1.69. The van der Waals surface area contributed by atoms with Crippen molar-refractivity contribution in [2.24, 2.45) is 5.92 Å². The Morgan fingerprint density at radius 3 is 2.55 bits per heavy atom. The molecule has 1 amide bonds. The summed E-state index contributed by atoms with van der Waals surface area (Å²) in [6.07, 6.45) is 0.962. The normalized spacial score (nSPS) is 10.9. The maximum atomic E-state index is 11.8. The third-order valence-electron chi connectivity index (χ3n) is 2.77. The van der Waals surface area contributed by atoms with Gasteiger partial charge in [-0.25, -0.2) is 0 Å². The first-order valence-corrected chi connectivity index (χ1v) is 6.99. The van der Waals surface area contributed by atoms with Gasteiger partial charge in [0.1, 0.15) is 5.82 Å². The zero-order valence-corrected chi connectivity index (χ0v) is 12.8. The number of hydrogen-bond donors (Lipinski definition) is 2. The van der Waals surface area contributed by atoms with Crippen molar-refractivity contribution in [2.75, 3.05) is 39.0 Å². The molecule has 0 atom stereocenters. The van der Waals surface area contributed by atoms with Gasteiger partial charge in [0.2, 0.25) is 0 Å². The Bertz CT molecular complexity index is 403. The Morgan fingerprint density at radius 2 is 2.00 bits per heavy atom. The quantitative estimate of drug-likeness (QED) is 0.749. The minimum atomic E-state index is -0.169. The molecule has 0 aromatic carbocycles. The fraction of sp³-hybridized carbons (Fsp3) is 0.643. The summed E-state index contributed by atoms with van der Waals surface area (Å²) in [6, 6.07) is 3.47. The molecule has 0 fully saturated rings. The number of nitrogens with one attached hydrogen (secondary N) is 2. The van der Waals surface area contributed by atoms with E-state index >= 15 is 0 Å². The van der Waals surface area contributed by atoms with Crippen molar-refractivity contribution < 1.29 is 4.79 Å². The van der Waals surface area contributed by atoms with Gasteiger partial charge in [0, 0.05) is 19.6 Å². The zero-order valence-electron chi connectivity index (χ0n) is 12.8. The van der Waals surface area contributed by atoms with Gasteiger partial charge < -0.3 is 15.5 Å². The number of rotatable bonds is 8. The summed E-state index contributed by atoms with van der Waals surface area (Å²) in [5.41, 5.74) is 0.354. The highest BCUT2D eigenvalue weighted by Crippen LogP contribution is 2.02. The van der Waals surface area contributed by atoms with Crippen LogP contribution < -0.4 is 10.6 Å². The highest BCUT2D eigenvalue weighted by atomic mass is 16.1. The Morgan fingerprint density at radius 1 is 1.25 bits per heavy atom. The van der Waals surface area contributed by atoms with E-state index in [-0.39, 0.29) is 5.91 Å². The molecule has 6 heteroatoms. The van der Waals surface area contributed by atoms with Crippen LogP contribution in [0.5, 0.6) is 0 Å². The molecule has 0 saturated heterocycles. The van der Waals surface area contributed by atoms with Crippen molar-refractivity contribution in [1.29, 1.82) is 0 Å². The van der Waals surface area contributed by atoms with Crippen LogP contribution in [0.4, 0.5) is 5.82 Å². The second-order valence-electron chi connectivity index (χ2n) is 5.47. The first kappa shape index (κ1) is 16.4. The molecule has 1 aromatic rings. The van der Waals surface area contributed by atoms with Gasteiger partial charge in [-0.3, -0.25) is 4.79 Å². The molecule has 6 nitrogen and oxygen atoms in total. The van der Waals surface area contributed by atoms with Crippen molar-refractivity contribution in [1.82, 2.24) is 20.4 Å². The minimum absolute atomic E-state index is 0.169. The molecule has 0 aliphatic carbocycles. The highest BCUT2D eigenvalue weighted by Gasteiger charge is 2.07. The summed E-state index contributed by atoms with van der Waals surface area (Å²) in [5.74, 6) is 1.09. The van der Waals surface area contributed by atoms with Gasteiger partial charge in [0.05, 0.1) is 0 Å². The van der Waals surface area contributed by atoms with Crippen molar-refractivity contribution in [3.8, 4) is 0 Å². The molecule has 0 aliphatic rings. The molecule has 2 N–H and O–H groups in total. The Kier molecular flexibility index (Phi) is 6.93. The van der Waals surface area contributed by atoms with Crippen LogP contribution in [-0.4, -0.2) is 54.7 Å². The SMILES string of the molecule is CC(C)CCNC(=O)c1ccc(NCCN(C)C)nn1. The average molecular weight is 279 g/mol. The van der Waals surface area contributed by atoms with Crippen molar-refractivity contribution in [2.45, 2.75) is 20.3 Å². The predicted octanol–water partition coefficient (Wildman–Crippen LogP) is 1.23. The number of anilines is 1. The summed E-state index contributed by atoms with van der Waals surface area (Å²) in [4.78, 5) is 13.9. The van der Waals surface area contributed by atoms with E-state index in [4.69, 9.17) is 0 Å². The van der Waals surface area contributed by atoms with Crippen molar-refractivity contribution >= 4 is 11.7 Å². The largest absolute Gasteiger partial charge is 0.367 e. The molecule has 0 saturated carbocycles. The van der Waals surface area contributed by atoms with Crippen LogP contribution in [-0.2, 0) is 0 Å². The van der Waals surface area contributed by atoms with E-state index in [2.05, 4.69) is 39.6 Å². The van der Waals surface area contributed by atoms with E-state index in [0.29, 0.717) is 24.0 Å². The summed E-state index contributed by atoms with van der Waals surface area (Å²) in [5, 5.41) is 13.9. The van der Waals surface area contributed by atoms with Gasteiger partial charge in [0.25, 0.3) is 5.91 Å². The summed E-state index contributed by atoms with van der Waals surface area (Å²) in [6.45, 7) is 6.63. The molecule has 0 radical (unpaired) electrons. The van der Waals surface area contributed by atoms with E-state index in [1.807, 2.05) is 14.1 Å². The van der Waals surface area contributed by atoms with Crippen LogP contribution in [0, 0.1) is 5.92 Å². The van der Waals surface area contributed by atoms with Crippen LogP contribution in [0.2, 0.25) is 0 Å². The first-order valence-electron chi connectivity index (χ1n) is 6.99. The van der Waals surface area contributed by atoms with Gasteiger partial charge in [-0.15, -0.1) is 10.2 Å². The number of carbonyl (C=O) groups excluding carboxylic acids is 1. The highest BCUT2D eigenvalue weighted by molar-refractivity contribution is 5.92. The van der Waals surface area contributed by atoms with Gasteiger partial charge in [-0.2, -0.15) is 0 Å². The summed E-state index contributed by atoms with van der Waals surface area (Å²) >= 11 is 0. The molecular formula is C14H25N5O. The molecule has 0 spiro atoms. The standard InChI is InChI=1S/C14H25N5O/c1-11(2)7-8-16-14(20)12-5-6-13(18-17-12)15-9-10-19(3)4/h5-6,11H,7-10H2,1-4H3,(H,15,18)(H,16,20). The van der Waals surface area contributed by atoms with E-state index < -0.39 is 0 Å². The molecule has 1 rings (SSSR count). The third kappa shape index (κ3) is 6.47. The molecule has 0 bridgehead atoms. The van der Waals surface area contributed by atoms with Crippen LogP contribution in [0.15, 0.2) is 12.1 Å². The monoisotopic (exact) mass is 279 g/mol. The molecule has 0 aliphatic heterocycles. The summed E-state index contributed by atoms with van der Waals surface area (Å²) < 4.78 is 0. The lowest BCUT2D eigenvalue weighted by molar-refractivity contribution is 0.0946. The van der Waals surface area contributed by atoms with Crippen LogP contribution in [0.3, 0.4) is 0 Å². The molecule has 1 heterocycles. The number of hydrogen-bond acceptors (Lipinski definition) is 5. The maximum absolute atomic E-state index is 11.8. The molecule has 0 unspecified atom stereocenters. The molecule has 1 aromatic heterocycles. The molecular weight excluding hydrogens is 254 g/mol. The number of nitrogens with zero attached hydrogens (tertiary/aromatic N) is 3. The molecule has 20 heavy (non-hydrogen) atoms.